The van der Waals surface area contributed by atoms with Gasteiger partial charge in [-0.05, 0) is 72.6 Å². The van der Waals surface area contributed by atoms with Crippen LogP contribution in [-0.2, 0) is 9.47 Å². The number of benzene rings is 1. The first-order chi connectivity index (χ1) is 14.2. The second kappa shape index (κ2) is 9.32. The summed E-state index contributed by atoms with van der Waals surface area (Å²) in [5, 5.41) is 20.1. The number of hydrogen-bond acceptors (Lipinski definition) is 7. The third kappa shape index (κ3) is 7.00. The molecule has 0 radical (unpaired) electrons. The number of aromatic carboxylic acids is 1. The zero-order chi connectivity index (χ0) is 23.6. The van der Waals surface area contributed by atoms with Gasteiger partial charge in [0.05, 0.1) is 11.2 Å². The van der Waals surface area contributed by atoms with Crippen LogP contribution >= 0.6 is 0 Å². The third-order valence-corrected chi connectivity index (χ3v) is 4.77. The number of carboxylic acid groups (broad SMARTS) is 1. The number of rotatable bonds is 5. The molecule has 1 amide bonds. The highest BCUT2D eigenvalue weighted by Gasteiger charge is 2.34. The minimum Gasteiger partial charge on any atom is -0.478 e. The fourth-order valence-corrected chi connectivity index (χ4v) is 3.45. The average molecular weight is 438 g/mol. The molecule has 1 saturated heterocycles. The lowest BCUT2D eigenvalue weighted by Crippen LogP contribution is -2.53. The van der Waals surface area contributed by atoms with Crippen molar-refractivity contribution < 1.29 is 29.3 Å². The van der Waals surface area contributed by atoms with Crippen LogP contribution in [0.25, 0.3) is 0 Å². The van der Waals surface area contributed by atoms with Crippen molar-refractivity contribution in [2.24, 2.45) is 0 Å². The number of nitrogens with zero attached hydrogens (tertiary/aromatic N) is 2. The standard InChI is InChI=1S/C22H35N3O6/c1-21(2,3)30-19(28)24-11-9-14(10-12-24)25(20(29)31-22(4,5)6)15-7-8-16(18(26)27)17(23)13-15/h7-8,13-14,20,29H,9-12,23H2,1-6H3,(H,26,27). The first-order valence-corrected chi connectivity index (χ1v) is 10.4. The highest BCUT2D eigenvalue weighted by atomic mass is 16.6. The molecule has 1 atom stereocenters. The van der Waals surface area contributed by atoms with Crippen LogP contribution < -0.4 is 10.6 Å². The van der Waals surface area contributed by atoms with Gasteiger partial charge in [0.25, 0.3) is 0 Å². The predicted octanol–water partition coefficient (Wildman–Crippen LogP) is 3.26. The molecule has 2 rings (SSSR count). The van der Waals surface area contributed by atoms with Crippen LogP contribution in [0.2, 0.25) is 0 Å². The number of amides is 1. The summed E-state index contributed by atoms with van der Waals surface area (Å²) in [5.41, 5.74) is 5.41. The van der Waals surface area contributed by atoms with Gasteiger partial charge in [0.1, 0.15) is 5.60 Å². The van der Waals surface area contributed by atoms with E-state index in [9.17, 15) is 19.8 Å². The molecule has 4 N–H and O–H groups in total. The maximum absolute atomic E-state index is 12.4. The number of piperidine rings is 1. The predicted molar refractivity (Wildman–Crippen MR) is 118 cm³/mol. The minimum absolute atomic E-state index is 0.00493. The Balaban J connectivity index is 2.24. The van der Waals surface area contributed by atoms with Gasteiger partial charge in [-0.3, -0.25) is 0 Å². The zero-order valence-electron chi connectivity index (χ0n) is 19.2. The molecule has 0 spiro atoms. The molecular weight excluding hydrogens is 402 g/mol. The minimum atomic E-state index is -1.27. The van der Waals surface area contributed by atoms with Gasteiger partial charge in [-0.1, -0.05) is 0 Å². The number of aliphatic hydroxyl groups excluding tert-OH is 1. The Morgan fingerprint density at radius 2 is 1.71 bits per heavy atom. The zero-order valence-corrected chi connectivity index (χ0v) is 19.2. The van der Waals surface area contributed by atoms with Crippen LogP contribution in [0.15, 0.2) is 18.2 Å². The van der Waals surface area contributed by atoms with Gasteiger partial charge in [-0.15, -0.1) is 0 Å². The summed E-state index contributed by atoms with van der Waals surface area (Å²) in [6.45, 7) is 11.9. The molecule has 174 valence electrons. The van der Waals surface area contributed by atoms with Gasteiger partial charge in [0, 0.05) is 30.5 Å². The Labute approximate surface area is 183 Å². The molecule has 0 aromatic heterocycles. The van der Waals surface area contributed by atoms with E-state index < -0.39 is 23.6 Å². The van der Waals surface area contributed by atoms with Gasteiger partial charge in [-0.2, -0.15) is 0 Å². The molecule has 1 aromatic rings. The van der Waals surface area contributed by atoms with Crippen molar-refractivity contribution in [3.05, 3.63) is 23.8 Å². The molecule has 1 unspecified atom stereocenters. The summed E-state index contributed by atoms with van der Waals surface area (Å²) in [5.74, 6) is -1.12. The highest BCUT2D eigenvalue weighted by Crippen LogP contribution is 2.30. The molecule has 1 aromatic carbocycles. The van der Waals surface area contributed by atoms with E-state index in [0.29, 0.717) is 31.6 Å². The number of anilines is 2. The Morgan fingerprint density at radius 3 is 2.16 bits per heavy atom. The average Bonchev–Trinajstić information content (AvgIpc) is 2.59. The summed E-state index contributed by atoms with van der Waals surface area (Å²) in [4.78, 5) is 27.0. The van der Waals surface area contributed by atoms with Crippen molar-refractivity contribution in [3.8, 4) is 0 Å². The Bertz CT molecular complexity index is 791. The number of nitrogens with two attached hydrogens (primary N) is 1. The number of likely N-dealkylation sites (tertiary alicyclic amines) is 1. The van der Waals surface area contributed by atoms with E-state index in [-0.39, 0.29) is 23.4 Å². The van der Waals surface area contributed by atoms with Gasteiger partial charge in [-0.25, -0.2) is 9.59 Å². The monoisotopic (exact) mass is 437 g/mol. The van der Waals surface area contributed by atoms with Crippen LogP contribution in [0.5, 0.6) is 0 Å². The molecule has 0 aliphatic carbocycles. The van der Waals surface area contributed by atoms with Crippen molar-refractivity contribution in [2.45, 2.75) is 78.0 Å². The van der Waals surface area contributed by atoms with Gasteiger partial charge in [0.2, 0.25) is 6.41 Å². The second-order valence-corrected chi connectivity index (χ2v) is 9.74. The van der Waals surface area contributed by atoms with E-state index >= 15 is 0 Å². The van der Waals surface area contributed by atoms with E-state index in [1.54, 1.807) is 15.9 Å². The van der Waals surface area contributed by atoms with E-state index in [1.807, 2.05) is 41.5 Å². The first-order valence-electron chi connectivity index (χ1n) is 10.4. The summed E-state index contributed by atoms with van der Waals surface area (Å²) in [6, 6.07) is 4.40. The normalized spacial score (nSPS) is 16.7. The third-order valence-electron chi connectivity index (χ3n) is 4.77. The summed E-state index contributed by atoms with van der Waals surface area (Å²) < 4.78 is 11.2. The number of carbonyl (C=O) groups excluding carboxylic acids is 1. The molecule has 0 bridgehead atoms. The lowest BCUT2D eigenvalue weighted by atomic mass is 10.0. The number of ether oxygens (including phenoxy) is 2. The topological polar surface area (TPSA) is 126 Å². The molecule has 1 heterocycles. The van der Waals surface area contributed by atoms with Crippen molar-refractivity contribution in [1.29, 1.82) is 0 Å². The van der Waals surface area contributed by atoms with E-state index in [2.05, 4.69) is 0 Å². The van der Waals surface area contributed by atoms with E-state index in [4.69, 9.17) is 15.2 Å². The highest BCUT2D eigenvalue weighted by molar-refractivity contribution is 5.94. The van der Waals surface area contributed by atoms with Crippen molar-refractivity contribution in [2.75, 3.05) is 23.7 Å². The van der Waals surface area contributed by atoms with E-state index in [1.165, 1.54) is 12.1 Å². The smallest absolute Gasteiger partial charge is 0.410 e. The number of carboxylic acids is 1. The maximum atomic E-state index is 12.4. The van der Waals surface area contributed by atoms with Crippen molar-refractivity contribution in [3.63, 3.8) is 0 Å². The number of nitrogen functional groups attached to an aromatic ring is 1. The molecule has 9 nitrogen and oxygen atoms in total. The molecule has 1 aliphatic heterocycles. The fraction of sp³-hybridized carbons (Fsp3) is 0.636. The maximum Gasteiger partial charge on any atom is 0.410 e. The lowest BCUT2D eigenvalue weighted by Gasteiger charge is -2.43. The largest absolute Gasteiger partial charge is 0.478 e. The van der Waals surface area contributed by atoms with Gasteiger partial charge in [0.15, 0.2) is 0 Å². The molecular formula is C22H35N3O6. The van der Waals surface area contributed by atoms with Crippen LogP contribution in [0, 0.1) is 0 Å². The SMILES string of the molecule is CC(C)(C)OC(=O)N1CCC(N(c2ccc(C(=O)O)c(N)c2)C(O)OC(C)(C)C)CC1. The van der Waals surface area contributed by atoms with Crippen molar-refractivity contribution in [1.82, 2.24) is 4.90 Å². The Kier molecular flexibility index (Phi) is 7.44. The summed E-state index contributed by atoms with van der Waals surface area (Å²) >= 11 is 0. The number of hydrogen-bond donors (Lipinski definition) is 3. The van der Waals surface area contributed by atoms with E-state index in [0.717, 1.165) is 0 Å². The Hall–Kier alpha value is -2.52. The molecule has 9 heteroatoms. The lowest BCUT2D eigenvalue weighted by molar-refractivity contribution is -0.169. The number of aliphatic hydroxyl groups is 1. The number of carbonyl (C=O) groups is 2. The summed E-state index contributed by atoms with van der Waals surface area (Å²) in [7, 11) is 0. The van der Waals surface area contributed by atoms with Gasteiger partial charge < -0.3 is 35.2 Å². The van der Waals surface area contributed by atoms with Crippen LogP contribution in [0.3, 0.4) is 0 Å². The first kappa shape index (κ1) is 24.7. The molecule has 0 saturated carbocycles. The van der Waals surface area contributed by atoms with Crippen molar-refractivity contribution >= 4 is 23.4 Å². The van der Waals surface area contributed by atoms with Crippen LogP contribution in [-0.4, -0.2) is 63.9 Å². The molecule has 1 fully saturated rings. The van der Waals surface area contributed by atoms with Crippen LogP contribution in [0.1, 0.15) is 64.7 Å². The summed E-state index contributed by atoms with van der Waals surface area (Å²) in [6.07, 6.45) is -0.485. The van der Waals surface area contributed by atoms with Gasteiger partial charge >= 0.3 is 12.1 Å². The second-order valence-electron chi connectivity index (χ2n) is 9.74. The Morgan fingerprint density at radius 1 is 1.13 bits per heavy atom. The van der Waals surface area contributed by atoms with Crippen LogP contribution in [0.4, 0.5) is 16.2 Å². The molecule has 1 aliphatic rings. The molecule has 31 heavy (non-hydrogen) atoms. The quantitative estimate of drug-likeness (QED) is 0.473. The fourth-order valence-electron chi connectivity index (χ4n) is 3.45.